The lowest BCUT2D eigenvalue weighted by molar-refractivity contribution is -0.384. The van der Waals surface area contributed by atoms with Crippen LogP contribution in [0.3, 0.4) is 0 Å². The van der Waals surface area contributed by atoms with Crippen LogP contribution in [0.5, 0.6) is 11.5 Å². The molecule has 3 aromatic carbocycles. The Morgan fingerprint density at radius 3 is 2.69 bits per heavy atom. The van der Waals surface area contributed by atoms with Gasteiger partial charge in [-0.3, -0.25) is 14.9 Å². The summed E-state index contributed by atoms with van der Waals surface area (Å²) < 4.78 is 10.9. The molecule has 0 radical (unpaired) electrons. The Morgan fingerprint density at radius 1 is 1.16 bits per heavy atom. The van der Waals surface area contributed by atoms with E-state index in [1.54, 1.807) is 42.5 Å². The molecule has 0 unspecified atom stereocenters. The number of hydrogen-bond donors (Lipinski definition) is 1. The Hall–Kier alpha value is -3.62. The molecular weight excluding hydrogens is 457 g/mol. The number of amides is 1. The molecule has 0 aliphatic heterocycles. The average molecular weight is 474 g/mol. The SMILES string of the molecule is COc1ccc([N+](=O)[O-])cc1C(=O)N/N=C\c1cccc(OCc2ccc(Cl)cc2Cl)c1. The van der Waals surface area contributed by atoms with Crippen LogP contribution >= 0.6 is 23.2 Å². The Labute approximate surface area is 193 Å². The largest absolute Gasteiger partial charge is 0.496 e. The minimum absolute atomic E-state index is 0.00391. The normalized spacial score (nSPS) is 10.7. The van der Waals surface area contributed by atoms with Gasteiger partial charge in [-0.1, -0.05) is 41.4 Å². The second-order valence-electron chi connectivity index (χ2n) is 6.44. The predicted octanol–water partition coefficient (Wildman–Crippen LogP) is 5.25. The molecule has 8 nitrogen and oxygen atoms in total. The number of carbonyl (C=O) groups is 1. The third-order valence-electron chi connectivity index (χ3n) is 4.29. The van der Waals surface area contributed by atoms with Crippen LogP contribution in [0.4, 0.5) is 5.69 Å². The van der Waals surface area contributed by atoms with E-state index in [2.05, 4.69) is 10.5 Å². The number of nitro benzene ring substituents is 1. The Morgan fingerprint density at radius 2 is 1.97 bits per heavy atom. The summed E-state index contributed by atoms with van der Waals surface area (Å²) >= 11 is 12.0. The van der Waals surface area contributed by atoms with Crippen LogP contribution in [0.15, 0.2) is 65.8 Å². The van der Waals surface area contributed by atoms with Gasteiger partial charge in [0.05, 0.1) is 23.8 Å². The maximum atomic E-state index is 12.4. The number of non-ortho nitro benzene ring substituents is 1. The Kier molecular flexibility index (Phi) is 7.64. The molecule has 10 heteroatoms. The number of nitrogens with one attached hydrogen (secondary N) is 1. The number of hydrazone groups is 1. The van der Waals surface area contributed by atoms with E-state index in [4.69, 9.17) is 32.7 Å². The Balaban J connectivity index is 1.65. The molecule has 0 spiro atoms. The summed E-state index contributed by atoms with van der Waals surface area (Å²) in [5, 5.41) is 15.9. The van der Waals surface area contributed by atoms with Crippen molar-refractivity contribution in [2.45, 2.75) is 6.61 Å². The van der Waals surface area contributed by atoms with Crippen LogP contribution in [0.2, 0.25) is 10.0 Å². The highest BCUT2D eigenvalue weighted by atomic mass is 35.5. The quantitative estimate of drug-likeness (QED) is 0.273. The van der Waals surface area contributed by atoms with Crippen LogP contribution in [0.25, 0.3) is 0 Å². The van der Waals surface area contributed by atoms with Crippen molar-refractivity contribution in [1.29, 1.82) is 0 Å². The number of benzene rings is 3. The molecular formula is C22H17Cl2N3O5. The summed E-state index contributed by atoms with van der Waals surface area (Å²) in [7, 11) is 1.37. The molecule has 3 aromatic rings. The van der Waals surface area contributed by atoms with E-state index >= 15 is 0 Å². The number of nitrogens with zero attached hydrogens (tertiary/aromatic N) is 2. The van der Waals surface area contributed by atoms with E-state index in [9.17, 15) is 14.9 Å². The van der Waals surface area contributed by atoms with Gasteiger partial charge in [-0.05, 0) is 35.9 Å². The zero-order valence-electron chi connectivity index (χ0n) is 16.7. The van der Waals surface area contributed by atoms with Crippen molar-refractivity contribution in [3.8, 4) is 11.5 Å². The first kappa shape index (κ1) is 23.1. The molecule has 0 fully saturated rings. The minimum Gasteiger partial charge on any atom is -0.496 e. The standard InChI is InChI=1S/C22H17Cl2N3O5/c1-31-21-8-7-17(27(29)30)11-19(21)22(28)26-25-12-14-3-2-4-18(9-14)32-13-15-5-6-16(23)10-20(15)24/h2-12H,13H2,1H3,(H,26,28)/b25-12-. The summed E-state index contributed by atoms with van der Waals surface area (Å²) in [4.78, 5) is 22.8. The second-order valence-corrected chi connectivity index (χ2v) is 7.28. The van der Waals surface area contributed by atoms with Gasteiger partial charge in [0.15, 0.2) is 0 Å². The summed E-state index contributed by atoms with van der Waals surface area (Å²) in [6, 6.07) is 15.9. The lowest BCUT2D eigenvalue weighted by Gasteiger charge is -2.09. The molecule has 1 amide bonds. The number of methoxy groups -OCH3 is 1. The van der Waals surface area contributed by atoms with Crippen LogP contribution in [-0.2, 0) is 6.61 Å². The number of carbonyl (C=O) groups excluding carboxylic acids is 1. The molecule has 0 aliphatic carbocycles. The highest BCUT2D eigenvalue weighted by molar-refractivity contribution is 6.35. The molecule has 0 aliphatic rings. The molecule has 164 valence electrons. The topological polar surface area (TPSA) is 103 Å². The van der Waals surface area contributed by atoms with Crippen LogP contribution in [0.1, 0.15) is 21.5 Å². The van der Waals surface area contributed by atoms with Gasteiger partial charge in [-0.25, -0.2) is 5.43 Å². The number of ether oxygens (including phenoxy) is 2. The van der Waals surface area contributed by atoms with Gasteiger partial charge in [-0.15, -0.1) is 0 Å². The predicted molar refractivity (Wildman–Crippen MR) is 122 cm³/mol. The molecule has 0 saturated heterocycles. The average Bonchev–Trinajstić information content (AvgIpc) is 2.78. The van der Waals surface area contributed by atoms with Crippen molar-refractivity contribution in [2.75, 3.05) is 7.11 Å². The fraction of sp³-hybridized carbons (Fsp3) is 0.0909. The van der Waals surface area contributed by atoms with Gasteiger partial charge in [0.25, 0.3) is 11.6 Å². The molecule has 0 saturated carbocycles. The van der Waals surface area contributed by atoms with E-state index in [0.29, 0.717) is 21.4 Å². The van der Waals surface area contributed by atoms with Crippen molar-refractivity contribution >= 4 is 41.0 Å². The molecule has 0 heterocycles. The lowest BCUT2D eigenvalue weighted by Crippen LogP contribution is -2.18. The molecule has 0 bridgehead atoms. The number of halogens is 2. The monoisotopic (exact) mass is 473 g/mol. The van der Waals surface area contributed by atoms with E-state index in [1.807, 2.05) is 0 Å². The van der Waals surface area contributed by atoms with Crippen molar-refractivity contribution in [3.05, 3.63) is 97.5 Å². The lowest BCUT2D eigenvalue weighted by atomic mass is 10.1. The molecule has 1 N–H and O–H groups in total. The molecule has 32 heavy (non-hydrogen) atoms. The van der Waals surface area contributed by atoms with Crippen LogP contribution < -0.4 is 14.9 Å². The van der Waals surface area contributed by atoms with E-state index in [1.165, 1.54) is 25.5 Å². The zero-order chi connectivity index (χ0) is 23.1. The van der Waals surface area contributed by atoms with E-state index in [0.717, 1.165) is 11.6 Å². The van der Waals surface area contributed by atoms with E-state index in [-0.39, 0.29) is 23.6 Å². The number of rotatable bonds is 8. The summed E-state index contributed by atoms with van der Waals surface area (Å²) in [6.45, 7) is 0.250. The maximum absolute atomic E-state index is 12.4. The smallest absolute Gasteiger partial charge is 0.275 e. The highest BCUT2D eigenvalue weighted by Gasteiger charge is 2.17. The first-order valence-electron chi connectivity index (χ1n) is 9.20. The summed E-state index contributed by atoms with van der Waals surface area (Å²) in [5.41, 5.74) is 3.55. The zero-order valence-corrected chi connectivity index (χ0v) is 18.3. The fourth-order valence-corrected chi connectivity index (χ4v) is 3.16. The van der Waals surface area contributed by atoms with Crippen molar-refractivity contribution in [1.82, 2.24) is 5.43 Å². The summed E-state index contributed by atoms with van der Waals surface area (Å²) in [5.74, 6) is 0.123. The van der Waals surface area contributed by atoms with Crippen molar-refractivity contribution < 1.29 is 19.2 Å². The third kappa shape index (κ3) is 5.96. The van der Waals surface area contributed by atoms with Crippen molar-refractivity contribution in [2.24, 2.45) is 5.10 Å². The molecule has 0 atom stereocenters. The van der Waals surface area contributed by atoms with Crippen molar-refractivity contribution in [3.63, 3.8) is 0 Å². The fourth-order valence-electron chi connectivity index (χ4n) is 2.70. The maximum Gasteiger partial charge on any atom is 0.275 e. The number of hydrogen-bond acceptors (Lipinski definition) is 6. The minimum atomic E-state index is -0.647. The van der Waals surface area contributed by atoms with Gasteiger partial charge < -0.3 is 9.47 Å². The highest BCUT2D eigenvalue weighted by Crippen LogP contribution is 2.24. The van der Waals surface area contributed by atoms with Gasteiger partial charge in [-0.2, -0.15) is 5.10 Å². The summed E-state index contributed by atoms with van der Waals surface area (Å²) in [6.07, 6.45) is 1.42. The Bertz CT molecular complexity index is 1180. The van der Waals surface area contributed by atoms with Crippen LogP contribution in [0, 0.1) is 10.1 Å². The van der Waals surface area contributed by atoms with Gasteiger partial charge >= 0.3 is 0 Å². The molecule has 3 rings (SSSR count). The van der Waals surface area contributed by atoms with Gasteiger partial charge in [0.1, 0.15) is 18.1 Å². The van der Waals surface area contributed by atoms with E-state index < -0.39 is 10.8 Å². The molecule has 0 aromatic heterocycles. The van der Waals surface area contributed by atoms with Gasteiger partial charge in [0.2, 0.25) is 0 Å². The van der Waals surface area contributed by atoms with Gasteiger partial charge in [0, 0.05) is 27.7 Å². The third-order valence-corrected chi connectivity index (χ3v) is 4.87. The first-order chi connectivity index (χ1) is 15.4. The van der Waals surface area contributed by atoms with Crippen LogP contribution in [-0.4, -0.2) is 24.2 Å². The first-order valence-corrected chi connectivity index (χ1v) is 9.95. The number of nitro groups is 1. The second kappa shape index (κ2) is 10.6.